The number of ether oxygens (including phenoxy) is 1. The topological polar surface area (TPSA) is 99.2 Å². The molecule has 0 aliphatic rings. The molecular weight excluding hydrogens is 473 g/mol. The van der Waals surface area contributed by atoms with E-state index in [9.17, 15) is 13.2 Å². The van der Waals surface area contributed by atoms with Crippen LogP contribution in [0.15, 0.2) is 35.7 Å². The van der Waals surface area contributed by atoms with Crippen LogP contribution in [-0.2, 0) is 10.0 Å². The largest absolute Gasteiger partial charge is 0.492 e. The van der Waals surface area contributed by atoms with E-state index < -0.39 is 16.1 Å². The fourth-order valence-electron chi connectivity index (χ4n) is 1.48. The zero-order valence-corrected chi connectivity index (χ0v) is 18.3. The summed E-state index contributed by atoms with van der Waals surface area (Å²) in [4.78, 5) is 12.2. The number of halogens is 1. The summed E-state index contributed by atoms with van der Waals surface area (Å²) in [5.41, 5.74) is 0. The van der Waals surface area contributed by atoms with Gasteiger partial charge in [0.2, 0.25) is 10.0 Å². The fraction of sp³-hybridized carbons (Fsp3) is 0.438. The van der Waals surface area contributed by atoms with Crippen molar-refractivity contribution >= 4 is 38.7 Å². The van der Waals surface area contributed by atoms with Crippen molar-refractivity contribution < 1.29 is 23.1 Å². The minimum atomic E-state index is -3.49. The van der Waals surface area contributed by atoms with Crippen LogP contribution in [-0.4, -0.2) is 76.7 Å². The number of sulfonamides is 1. The maximum absolute atomic E-state index is 11.6. The zero-order valence-electron chi connectivity index (χ0n) is 15.3. The predicted octanol–water partition coefficient (Wildman–Crippen LogP) is 1.89. The van der Waals surface area contributed by atoms with Crippen LogP contribution in [0, 0.1) is 3.57 Å². The molecule has 0 atom stereocenters. The molecule has 2 N–H and O–H groups in total. The number of carboxylic acid groups (broad SMARTS) is 1. The lowest BCUT2D eigenvalue weighted by Crippen LogP contribution is -2.33. The van der Waals surface area contributed by atoms with Crippen LogP contribution in [0.25, 0.3) is 0 Å². The first kappa shape index (κ1) is 24.6. The number of rotatable bonds is 8. The van der Waals surface area contributed by atoms with Gasteiger partial charge in [0.25, 0.3) is 0 Å². The lowest BCUT2D eigenvalue weighted by atomic mass is 10.3. The van der Waals surface area contributed by atoms with Gasteiger partial charge in [0, 0.05) is 29.6 Å². The zero-order chi connectivity index (χ0) is 20.2. The number of hydrogen-bond acceptors (Lipinski definition) is 5. The molecule has 0 aliphatic heterocycles. The second-order valence-corrected chi connectivity index (χ2v) is 8.51. The molecule has 10 heteroatoms. The van der Waals surface area contributed by atoms with Crippen LogP contribution in [0.5, 0.6) is 5.75 Å². The smallest absolute Gasteiger partial charge is 0.407 e. The Kier molecular flexibility index (Phi) is 12.2. The van der Waals surface area contributed by atoms with Gasteiger partial charge in [0.15, 0.2) is 0 Å². The van der Waals surface area contributed by atoms with Gasteiger partial charge in [-0.25, -0.2) is 17.5 Å². The van der Waals surface area contributed by atoms with Crippen LogP contribution < -0.4 is 10.1 Å². The number of amides is 1. The minimum Gasteiger partial charge on any atom is -0.492 e. The molecule has 0 unspecified atom stereocenters. The van der Waals surface area contributed by atoms with Crippen molar-refractivity contribution in [1.29, 1.82) is 0 Å². The monoisotopic (exact) mass is 499 g/mol. The molecule has 1 amide bonds. The first-order valence-corrected chi connectivity index (χ1v) is 10.3. The van der Waals surface area contributed by atoms with E-state index >= 15 is 0 Å². The standard InChI is InChI=1S/C14H19IN2O5S.C2H7N/c1-16(2)23(20,21)11-3-8-17(14(18)19)9-10-22-13-6-4-12(15)5-7-13;1-3-2/h3-7,11H,8-10H2,1-2H3,(H,18,19);3H,1-2H3. The number of nitrogens with one attached hydrogen (secondary N) is 1. The maximum atomic E-state index is 11.6. The fourth-order valence-corrected chi connectivity index (χ4v) is 2.42. The molecule has 0 bridgehead atoms. The number of nitrogens with zero attached hydrogens (tertiary/aromatic N) is 2. The summed E-state index contributed by atoms with van der Waals surface area (Å²) >= 11 is 2.18. The average Bonchev–Trinajstić information content (AvgIpc) is 2.55. The van der Waals surface area contributed by atoms with E-state index in [2.05, 4.69) is 27.9 Å². The van der Waals surface area contributed by atoms with E-state index in [1.54, 1.807) is 12.1 Å². The Labute approximate surface area is 169 Å². The van der Waals surface area contributed by atoms with Gasteiger partial charge in [0.05, 0.1) is 6.54 Å². The SMILES string of the molecule is CN(C)S(=O)(=O)C=CCN(CCOc1ccc(I)cc1)C(=O)O.CNC. The Morgan fingerprint density at radius 2 is 1.81 bits per heavy atom. The van der Waals surface area contributed by atoms with Gasteiger partial charge in [-0.05, 0) is 61.0 Å². The van der Waals surface area contributed by atoms with Gasteiger partial charge in [-0.3, -0.25) is 0 Å². The minimum absolute atomic E-state index is 0.0293. The van der Waals surface area contributed by atoms with Crippen LogP contribution in [0.2, 0.25) is 0 Å². The molecule has 0 spiro atoms. The van der Waals surface area contributed by atoms with E-state index in [1.807, 2.05) is 26.2 Å². The van der Waals surface area contributed by atoms with Crippen LogP contribution in [0.3, 0.4) is 0 Å². The molecule has 0 saturated heterocycles. The summed E-state index contributed by atoms with van der Waals surface area (Å²) in [7, 11) is 3.08. The second kappa shape index (κ2) is 12.9. The van der Waals surface area contributed by atoms with Gasteiger partial charge in [-0.15, -0.1) is 0 Å². The maximum Gasteiger partial charge on any atom is 0.407 e. The normalized spacial score (nSPS) is 11.2. The molecule has 148 valence electrons. The molecule has 0 radical (unpaired) electrons. The Balaban J connectivity index is 0.00000194. The van der Waals surface area contributed by atoms with Gasteiger partial charge in [-0.2, -0.15) is 0 Å². The highest BCUT2D eigenvalue weighted by Crippen LogP contribution is 2.13. The first-order valence-electron chi connectivity index (χ1n) is 7.67. The summed E-state index contributed by atoms with van der Waals surface area (Å²) in [5.74, 6) is 0.654. The van der Waals surface area contributed by atoms with Crippen molar-refractivity contribution in [2.45, 2.75) is 0 Å². The third-order valence-electron chi connectivity index (χ3n) is 2.82. The van der Waals surface area contributed by atoms with E-state index in [0.29, 0.717) is 5.75 Å². The summed E-state index contributed by atoms with van der Waals surface area (Å²) in [6.07, 6.45) is 0.164. The molecular formula is C16H26IN3O5S. The molecule has 0 aromatic heterocycles. The molecule has 1 aromatic carbocycles. The highest BCUT2D eigenvalue weighted by molar-refractivity contribution is 14.1. The number of carbonyl (C=O) groups is 1. The molecule has 0 aliphatic carbocycles. The van der Waals surface area contributed by atoms with Crippen molar-refractivity contribution in [1.82, 2.24) is 14.5 Å². The quantitative estimate of drug-likeness (QED) is 0.531. The van der Waals surface area contributed by atoms with E-state index in [0.717, 1.165) is 18.2 Å². The van der Waals surface area contributed by atoms with Crippen LogP contribution in [0.4, 0.5) is 4.79 Å². The third kappa shape index (κ3) is 10.6. The van der Waals surface area contributed by atoms with Crippen molar-refractivity contribution in [3.05, 3.63) is 39.3 Å². The Bertz CT molecular complexity index is 663. The van der Waals surface area contributed by atoms with Crippen molar-refractivity contribution in [3.8, 4) is 5.75 Å². The summed E-state index contributed by atoms with van der Waals surface area (Å²) in [6, 6.07) is 7.38. The highest BCUT2D eigenvalue weighted by atomic mass is 127. The highest BCUT2D eigenvalue weighted by Gasteiger charge is 2.12. The van der Waals surface area contributed by atoms with Crippen molar-refractivity contribution in [3.63, 3.8) is 0 Å². The van der Waals surface area contributed by atoms with E-state index in [-0.39, 0.29) is 19.7 Å². The second-order valence-electron chi connectivity index (χ2n) is 5.23. The summed E-state index contributed by atoms with van der Waals surface area (Å²) in [5, 5.41) is 12.9. The number of benzene rings is 1. The number of hydrogen-bond donors (Lipinski definition) is 2. The van der Waals surface area contributed by atoms with Crippen molar-refractivity contribution in [2.24, 2.45) is 0 Å². The molecule has 8 nitrogen and oxygen atoms in total. The molecule has 0 saturated carbocycles. The Morgan fingerprint density at radius 3 is 2.27 bits per heavy atom. The van der Waals surface area contributed by atoms with Crippen LogP contribution >= 0.6 is 22.6 Å². The molecule has 0 fully saturated rings. The average molecular weight is 499 g/mol. The lowest BCUT2D eigenvalue weighted by molar-refractivity contribution is 0.141. The molecule has 1 aromatic rings. The Morgan fingerprint density at radius 1 is 1.27 bits per heavy atom. The summed E-state index contributed by atoms with van der Waals surface area (Å²) < 4.78 is 30.7. The first-order chi connectivity index (χ1) is 12.1. The molecule has 26 heavy (non-hydrogen) atoms. The van der Waals surface area contributed by atoms with Gasteiger partial charge in [0.1, 0.15) is 12.4 Å². The van der Waals surface area contributed by atoms with Crippen molar-refractivity contribution in [2.75, 3.05) is 47.9 Å². The molecule has 1 rings (SSSR count). The van der Waals surface area contributed by atoms with E-state index in [4.69, 9.17) is 9.84 Å². The van der Waals surface area contributed by atoms with E-state index in [1.165, 1.54) is 20.2 Å². The third-order valence-corrected chi connectivity index (χ3v) is 5.09. The van der Waals surface area contributed by atoms with Gasteiger partial charge in [-0.1, -0.05) is 6.08 Å². The summed E-state index contributed by atoms with van der Waals surface area (Å²) in [6.45, 7) is 0.285. The van der Waals surface area contributed by atoms with Gasteiger partial charge < -0.3 is 20.1 Å². The van der Waals surface area contributed by atoms with Crippen LogP contribution in [0.1, 0.15) is 0 Å². The van der Waals surface area contributed by atoms with Gasteiger partial charge >= 0.3 is 6.09 Å². The molecule has 0 heterocycles. The lowest BCUT2D eigenvalue weighted by Gasteiger charge is -2.17. The predicted molar refractivity (Wildman–Crippen MR) is 111 cm³/mol. The Hall–Kier alpha value is -1.37.